The normalized spacial score (nSPS) is 11.6. The summed E-state index contributed by atoms with van der Waals surface area (Å²) in [6.45, 7) is 5.98. The number of hydrogen-bond donors (Lipinski definition) is 1. The summed E-state index contributed by atoms with van der Waals surface area (Å²) in [6, 6.07) is 12.4. The van der Waals surface area contributed by atoms with Gasteiger partial charge in [-0.3, -0.25) is 4.79 Å². The lowest BCUT2D eigenvalue weighted by Gasteiger charge is -2.25. The van der Waals surface area contributed by atoms with Crippen molar-refractivity contribution in [3.05, 3.63) is 71.3 Å². The maximum absolute atomic E-state index is 13.2. The maximum atomic E-state index is 13.2. The molecule has 0 saturated heterocycles. The van der Waals surface area contributed by atoms with Gasteiger partial charge in [0.1, 0.15) is 11.6 Å². The van der Waals surface area contributed by atoms with Crippen LogP contribution >= 0.6 is 11.8 Å². The standard InChI is InChI=1S/C20H23F2NOS/c1-4-20(2,3)23-18(24)13-25-19(14-5-9-16(21)10-6-14)15-7-11-17(22)12-8-15/h5-12,19H,4,13H2,1-3H3,(H,23,24). The van der Waals surface area contributed by atoms with E-state index in [1.165, 1.54) is 36.0 Å². The first-order chi connectivity index (χ1) is 11.8. The lowest BCUT2D eigenvalue weighted by atomic mass is 10.0. The Morgan fingerprint density at radius 3 is 1.84 bits per heavy atom. The van der Waals surface area contributed by atoms with Crippen molar-refractivity contribution in [2.45, 2.75) is 38.0 Å². The first kappa shape index (κ1) is 19.4. The van der Waals surface area contributed by atoms with Crippen LogP contribution in [0.25, 0.3) is 0 Å². The van der Waals surface area contributed by atoms with E-state index in [1.807, 2.05) is 20.8 Å². The first-order valence-corrected chi connectivity index (χ1v) is 9.29. The molecule has 2 rings (SSSR count). The zero-order valence-corrected chi connectivity index (χ0v) is 15.5. The lowest BCUT2D eigenvalue weighted by Crippen LogP contribution is -2.43. The van der Waals surface area contributed by atoms with Gasteiger partial charge in [-0.05, 0) is 55.7 Å². The van der Waals surface area contributed by atoms with Crippen LogP contribution in [-0.4, -0.2) is 17.2 Å². The second-order valence-corrected chi connectivity index (χ2v) is 7.67. The molecule has 1 N–H and O–H groups in total. The van der Waals surface area contributed by atoms with E-state index in [2.05, 4.69) is 5.32 Å². The second kappa shape index (κ2) is 8.48. The fraction of sp³-hybridized carbons (Fsp3) is 0.350. The van der Waals surface area contributed by atoms with Crippen LogP contribution in [0.4, 0.5) is 8.78 Å². The highest BCUT2D eigenvalue weighted by Gasteiger charge is 2.21. The van der Waals surface area contributed by atoms with Crippen LogP contribution in [0.15, 0.2) is 48.5 Å². The third-order valence-corrected chi connectivity index (χ3v) is 5.39. The van der Waals surface area contributed by atoms with Crippen LogP contribution in [0, 0.1) is 11.6 Å². The van der Waals surface area contributed by atoms with Crippen molar-refractivity contribution in [3.63, 3.8) is 0 Å². The minimum absolute atomic E-state index is 0.0499. The van der Waals surface area contributed by atoms with Gasteiger partial charge < -0.3 is 5.32 Å². The van der Waals surface area contributed by atoms with Gasteiger partial charge >= 0.3 is 0 Å². The molecule has 0 spiro atoms. The van der Waals surface area contributed by atoms with Crippen LogP contribution in [0.2, 0.25) is 0 Å². The lowest BCUT2D eigenvalue weighted by molar-refractivity contribution is -0.120. The molecule has 2 aromatic rings. The Bertz CT molecular complexity index is 653. The smallest absolute Gasteiger partial charge is 0.230 e. The van der Waals surface area contributed by atoms with E-state index in [4.69, 9.17) is 0 Å². The molecule has 25 heavy (non-hydrogen) atoms. The Balaban J connectivity index is 2.16. The van der Waals surface area contributed by atoms with E-state index >= 15 is 0 Å². The molecule has 1 amide bonds. The quantitative estimate of drug-likeness (QED) is 0.742. The zero-order chi connectivity index (χ0) is 18.4. The van der Waals surface area contributed by atoms with Gasteiger partial charge in [0.05, 0.1) is 11.0 Å². The Hall–Kier alpha value is -1.88. The van der Waals surface area contributed by atoms with Crippen molar-refractivity contribution in [1.82, 2.24) is 5.32 Å². The molecular formula is C20H23F2NOS. The van der Waals surface area contributed by atoms with Crippen molar-refractivity contribution in [3.8, 4) is 0 Å². The zero-order valence-electron chi connectivity index (χ0n) is 14.7. The largest absolute Gasteiger partial charge is 0.351 e. The Morgan fingerprint density at radius 1 is 1.00 bits per heavy atom. The van der Waals surface area contributed by atoms with Crippen LogP contribution < -0.4 is 5.32 Å². The van der Waals surface area contributed by atoms with Crippen LogP contribution in [0.5, 0.6) is 0 Å². The first-order valence-electron chi connectivity index (χ1n) is 8.24. The van der Waals surface area contributed by atoms with E-state index in [0.717, 1.165) is 17.5 Å². The summed E-state index contributed by atoms with van der Waals surface area (Å²) in [4.78, 5) is 12.2. The van der Waals surface area contributed by atoms with Gasteiger partial charge in [-0.25, -0.2) is 8.78 Å². The molecule has 0 fully saturated rings. The summed E-state index contributed by atoms with van der Waals surface area (Å²) in [7, 11) is 0. The van der Waals surface area contributed by atoms with Crippen LogP contribution in [0.3, 0.4) is 0 Å². The molecule has 2 aromatic carbocycles. The van der Waals surface area contributed by atoms with E-state index in [9.17, 15) is 13.6 Å². The molecule has 0 aromatic heterocycles. The fourth-order valence-corrected chi connectivity index (χ4v) is 3.41. The summed E-state index contributed by atoms with van der Waals surface area (Å²) < 4.78 is 26.4. The molecule has 0 saturated carbocycles. The number of thioether (sulfide) groups is 1. The van der Waals surface area contributed by atoms with Gasteiger partial charge in [0.2, 0.25) is 5.91 Å². The summed E-state index contributed by atoms with van der Waals surface area (Å²) in [5, 5.41) is 2.83. The Morgan fingerprint density at radius 2 is 1.44 bits per heavy atom. The van der Waals surface area contributed by atoms with Gasteiger partial charge in [-0.15, -0.1) is 11.8 Å². The Kier molecular flexibility index (Phi) is 6.59. The van der Waals surface area contributed by atoms with Crippen molar-refractivity contribution < 1.29 is 13.6 Å². The number of rotatable bonds is 7. The van der Waals surface area contributed by atoms with E-state index in [1.54, 1.807) is 24.3 Å². The molecule has 0 heterocycles. The molecule has 0 bridgehead atoms. The van der Waals surface area contributed by atoms with Crippen molar-refractivity contribution in [2.75, 3.05) is 5.75 Å². The molecule has 0 radical (unpaired) electrons. The number of hydrogen-bond acceptors (Lipinski definition) is 2. The molecule has 0 unspecified atom stereocenters. The predicted octanol–water partition coefficient (Wildman–Crippen LogP) is 5.09. The molecule has 0 aliphatic heterocycles. The van der Waals surface area contributed by atoms with Crippen LogP contribution in [0.1, 0.15) is 43.6 Å². The number of benzene rings is 2. The van der Waals surface area contributed by atoms with E-state index in [0.29, 0.717) is 0 Å². The Labute approximate surface area is 152 Å². The second-order valence-electron chi connectivity index (χ2n) is 6.58. The highest BCUT2D eigenvalue weighted by Crippen LogP contribution is 2.35. The monoisotopic (exact) mass is 363 g/mol. The number of amides is 1. The number of carbonyl (C=O) groups is 1. The minimum atomic E-state index is -0.311. The molecular weight excluding hydrogens is 340 g/mol. The fourth-order valence-electron chi connectivity index (χ4n) is 2.32. The molecule has 2 nitrogen and oxygen atoms in total. The van der Waals surface area contributed by atoms with Crippen molar-refractivity contribution in [1.29, 1.82) is 0 Å². The molecule has 0 aliphatic carbocycles. The third-order valence-electron chi connectivity index (χ3n) is 4.09. The predicted molar refractivity (Wildman–Crippen MR) is 99.6 cm³/mol. The number of halogens is 2. The van der Waals surface area contributed by atoms with Crippen molar-refractivity contribution in [2.24, 2.45) is 0 Å². The van der Waals surface area contributed by atoms with Gasteiger partial charge in [0.25, 0.3) is 0 Å². The van der Waals surface area contributed by atoms with Gasteiger partial charge in [0.15, 0.2) is 0 Å². The third kappa shape index (κ3) is 5.85. The maximum Gasteiger partial charge on any atom is 0.230 e. The number of carbonyl (C=O) groups excluding carboxylic acids is 1. The minimum Gasteiger partial charge on any atom is -0.351 e. The van der Waals surface area contributed by atoms with Gasteiger partial charge in [-0.2, -0.15) is 0 Å². The van der Waals surface area contributed by atoms with Gasteiger partial charge in [-0.1, -0.05) is 31.2 Å². The summed E-state index contributed by atoms with van der Waals surface area (Å²) in [5.74, 6) is -0.405. The summed E-state index contributed by atoms with van der Waals surface area (Å²) >= 11 is 1.44. The van der Waals surface area contributed by atoms with Crippen LogP contribution in [-0.2, 0) is 4.79 Å². The highest BCUT2D eigenvalue weighted by atomic mass is 32.2. The molecule has 5 heteroatoms. The average molecular weight is 363 g/mol. The molecule has 0 aliphatic rings. The molecule has 134 valence electrons. The summed E-state index contributed by atoms with van der Waals surface area (Å²) in [5.41, 5.74) is 1.50. The van der Waals surface area contributed by atoms with Crippen molar-refractivity contribution >= 4 is 17.7 Å². The number of nitrogens with one attached hydrogen (secondary N) is 1. The van der Waals surface area contributed by atoms with Gasteiger partial charge in [0, 0.05) is 5.54 Å². The SMILES string of the molecule is CCC(C)(C)NC(=O)CSC(c1ccc(F)cc1)c1ccc(F)cc1. The average Bonchev–Trinajstić information content (AvgIpc) is 2.57. The molecule has 0 atom stereocenters. The van der Waals surface area contributed by atoms with E-state index < -0.39 is 0 Å². The summed E-state index contributed by atoms with van der Waals surface area (Å²) in [6.07, 6.45) is 0.836. The van der Waals surface area contributed by atoms with E-state index in [-0.39, 0.29) is 34.1 Å². The highest BCUT2D eigenvalue weighted by molar-refractivity contribution is 8.00. The topological polar surface area (TPSA) is 29.1 Å².